The molecule has 3 aliphatic carbocycles. The molecule has 3 nitrogen and oxygen atoms in total. The van der Waals surface area contributed by atoms with Crippen molar-refractivity contribution in [2.24, 2.45) is 22.7 Å². The zero-order chi connectivity index (χ0) is 23.7. The Balaban J connectivity index is 1.72. The van der Waals surface area contributed by atoms with Gasteiger partial charge in [0.05, 0.1) is 12.2 Å². The Morgan fingerprint density at radius 3 is 2.72 bits per heavy atom. The molecular weight excluding hydrogens is 394 g/mol. The van der Waals surface area contributed by atoms with E-state index in [2.05, 4.69) is 65.5 Å². The van der Waals surface area contributed by atoms with Crippen molar-refractivity contribution in [3.05, 3.63) is 59.3 Å². The van der Waals surface area contributed by atoms with E-state index in [4.69, 9.17) is 5.41 Å². The lowest BCUT2D eigenvalue weighted by Crippen LogP contribution is -2.32. The Kier molecular flexibility index (Phi) is 7.51. The smallest absolute Gasteiger partial charge is 0.0811 e. The van der Waals surface area contributed by atoms with Crippen LogP contribution in [0.2, 0.25) is 0 Å². The Labute approximate surface area is 195 Å². The van der Waals surface area contributed by atoms with E-state index in [1.165, 1.54) is 18.4 Å². The van der Waals surface area contributed by atoms with Gasteiger partial charge in [-0.1, -0.05) is 76.6 Å². The number of fused-ring (bicyclic) bond motifs is 1. The van der Waals surface area contributed by atoms with Crippen molar-refractivity contribution < 1.29 is 10.2 Å². The molecule has 0 bridgehead atoms. The van der Waals surface area contributed by atoms with Gasteiger partial charge in [0.1, 0.15) is 0 Å². The van der Waals surface area contributed by atoms with Gasteiger partial charge in [0.2, 0.25) is 0 Å². The van der Waals surface area contributed by atoms with Crippen LogP contribution in [0, 0.1) is 28.1 Å². The summed E-state index contributed by atoms with van der Waals surface area (Å²) in [6, 6.07) is 0. The molecular formula is C29H43NO2. The average molecular weight is 438 g/mol. The first-order valence-corrected chi connectivity index (χ1v) is 12.3. The van der Waals surface area contributed by atoms with E-state index in [-0.39, 0.29) is 10.8 Å². The molecule has 3 N–H and O–H groups in total. The van der Waals surface area contributed by atoms with Gasteiger partial charge in [0, 0.05) is 17.5 Å². The van der Waals surface area contributed by atoms with Gasteiger partial charge in [-0.25, -0.2) is 0 Å². The van der Waals surface area contributed by atoms with Crippen LogP contribution in [-0.4, -0.2) is 28.1 Å². The second-order valence-electron chi connectivity index (χ2n) is 11.5. The number of allylic oxidation sites excluding steroid dienone is 7. The van der Waals surface area contributed by atoms with Crippen molar-refractivity contribution in [3.63, 3.8) is 0 Å². The fourth-order valence-corrected chi connectivity index (χ4v) is 5.85. The van der Waals surface area contributed by atoms with Crippen molar-refractivity contribution in [1.29, 1.82) is 5.41 Å². The number of nitrogens with one attached hydrogen (secondary N) is 1. The molecule has 0 radical (unpaired) electrons. The minimum atomic E-state index is -0.631. The van der Waals surface area contributed by atoms with Gasteiger partial charge < -0.3 is 15.6 Å². The molecule has 5 atom stereocenters. The molecule has 0 aromatic rings. The molecule has 0 aromatic carbocycles. The standard InChI is InChI=1S/C29H43NO2/c1-19(9-7-11-27(30)28(3,4)5)24-14-15-25-21(10-8-16-29(24,25)6)12-13-22-17-23(31)18-26(32)20(22)2/h7,11-14,19,23,25-26,30-32H,2,8-10,15-18H2,1,3-6H3/b11-7+,21-12+,22-13-,30-27?/t19-,23-,25+,26+,29-/m1/s1. The molecule has 0 amide bonds. The number of hydrogen-bond acceptors (Lipinski definition) is 3. The predicted molar refractivity (Wildman–Crippen MR) is 135 cm³/mol. The lowest BCUT2D eigenvalue weighted by atomic mass is 9.62. The number of hydrogen-bond donors (Lipinski definition) is 3. The molecule has 32 heavy (non-hydrogen) atoms. The molecule has 0 aromatic heterocycles. The van der Waals surface area contributed by atoms with E-state index in [0.717, 1.165) is 30.4 Å². The summed E-state index contributed by atoms with van der Waals surface area (Å²) in [5.74, 6) is 1.02. The second kappa shape index (κ2) is 9.65. The minimum absolute atomic E-state index is 0.100. The van der Waals surface area contributed by atoms with Crippen LogP contribution in [0.5, 0.6) is 0 Å². The average Bonchev–Trinajstić information content (AvgIpc) is 3.06. The molecule has 2 saturated carbocycles. The fraction of sp³-hybridized carbons (Fsp3) is 0.621. The minimum Gasteiger partial charge on any atom is -0.393 e. The highest BCUT2D eigenvalue weighted by Gasteiger charge is 2.45. The molecule has 0 saturated heterocycles. The summed E-state index contributed by atoms with van der Waals surface area (Å²) in [5, 5.41) is 28.4. The van der Waals surface area contributed by atoms with Crippen molar-refractivity contribution in [3.8, 4) is 0 Å². The van der Waals surface area contributed by atoms with Gasteiger partial charge in [0.25, 0.3) is 0 Å². The Morgan fingerprint density at radius 1 is 1.31 bits per heavy atom. The summed E-state index contributed by atoms with van der Waals surface area (Å²) in [6.45, 7) is 15.1. The quantitative estimate of drug-likeness (QED) is 0.331. The number of aliphatic hydroxyl groups is 2. The summed E-state index contributed by atoms with van der Waals surface area (Å²) < 4.78 is 0. The van der Waals surface area contributed by atoms with Crippen molar-refractivity contribution in [1.82, 2.24) is 0 Å². The third-order valence-corrected chi connectivity index (χ3v) is 7.99. The Morgan fingerprint density at radius 2 is 2.03 bits per heavy atom. The van der Waals surface area contributed by atoms with Gasteiger partial charge in [-0.3, -0.25) is 0 Å². The first kappa shape index (κ1) is 24.9. The SMILES string of the molecule is C=C1/C(=C\C=C2/CCC[C@]3(C)C([C@H](C)C/C=C/C(=N)C(C)(C)C)=CC[C@@H]23)C[C@@H](O)C[C@@H]1O. The summed E-state index contributed by atoms with van der Waals surface area (Å²) >= 11 is 0. The Bertz CT molecular complexity index is 866. The van der Waals surface area contributed by atoms with E-state index in [1.807, 2.05) is 6.08 Å². The maximum Gasteiger partial charge on any atom is 0.0811 e. The molecule has 0 heterocycles. The zero-order valence-electron chi connectivity index (χ0n) is 20.7. The molecule has 3 rings (SSSR count). The van der Waals surface area contributed by atoms with Gasteiger partial charge in [-0.15, -0.1) is 0 Å². The highest BCUT2D eigenvalue weighted by atomic mass is 16.3. The molecule has 2 fully saturated rings. The van der Waals surface area contributed by atoms with E-state index in [9.17, 15) is 10.2 Å². The number of aliphatic hydroxyl groups excluding tert-OH is 2. The molecule has 0 unspecified atom stereocenters. The molecule has 0 spiro atoms. The van der Waals surface area contributed by atoms with Crippen molar-refractivity contribution in [2.75, 3.05) is 0 Å². The monoisotopic (exact) mass is 437 g/mol. The van der Waals surface area contributed by atoms with Gasteiger partial charge in [-0.05, 0) is 73.0 Å². The zero-order valence-corrected chi connectivity index (χ0v) is 20.7. The normalized spacial score (nSPS) is 34.8. The first-order chi connectivity index (χ1) is 14.9. The molecule has 3 aliphatic rings. The lowest BCUT2D eigenvalue weighted by molar-refractivity contribution is 0.0862. The van der Waals surface area contributed by atoms with Crippen LogP contribution in [0.4, 0.5) is 0 Å². The van der Waals surface area contributed by atoms with Crippen LogP contribution in [0.15, 0.2) is 59.3 Å². The summed E-state index contributed by atoms with van der Waals surface area (Å²) in [6.07, 6.45) is 16.5. The molecule has 176 valence electrons. The maximum atomic E-state index is 10.1. The third kappa shape index (κ3) is 5.26. The fourth-order valence-electron chi connectivity index (χ4n) is 5.85. The number of rotatable bonds is 5. The molecule has 0 aliphatic heterocycles. The van der Waals surface area contributed by atoms with Crippen molar-refractivity contribution >= 4 is 5.71 Å². The summed E-state index contributed by atoms with van der Waals surface area (Å²) in [4.78, 5) is 0. The van der Waals surface area contributed by atoms with Gasteiger partial charge in [-0.2, -0.15) is 0 Å². The summed E-state index contributed by atoms with van der Waals surface area (Å²) in [7, 11) is 0. The van der Waals surface area contributed by atoms with E-state index in [1.54, 1.807) is 5.57 Å². The van der Waals surface area contributed by atoms with Crippen LogP contribution in [-0.2, 0) is 0 Å². The Hall–Kier alpha value is -1.71. The lowest BCUT2D eigenvalue weighted by Gasteiger charge is -2.42. The largest absolute Gasteiger partial charge is 0.393 e. The van der Waals surface area contributed by atoms with E-state index in [0.29, 0.717) is 30.4 Å². The highest BCUT2D eigenvalue weighted by Crippen LogP contribution is 2.57. The van der Waals surface area contributed by atoms with Crippen LogP contribution < -0.4 is 0 Å². The predicted octanol–water partition coefficient (Wildman–Crippen LogP) is 6.70. The van der Waals surface area contributed by atoms with Crippen LogP contribution in [0.3, 0.4) is 0 Å². The van der Waals surface area contributed by atoms with E-state index >= 15 is 0 Å². The van der Waals surface area contributed by atoms with Gasteiger partial charge in [0.15, 0.2) is 0 Å². The maximum absolute atomic E-state index is 10.1. The van der Waals surface area contributed by atoms with E-state index < -0.39 is 12.2 Å². The first-order valence-electron chi connectivity index (χ1n) is 12.3. The van der Waals surface area contributed by atoms with Crippen LogP contribution in [0.1, 0.15) is 79.6 Å². The summed E-state index contributed by atoms with van der Waals surface area (Å²) in [5.41, 5.74) is 5.62. The second-order valence-corrected chi connectivity index (χ2v) is 11.5. The van der Waals surface area contributed by atoms with Crippen LogP contribution in [0.25, 0.3) is 0 Å². The van der Waals surface area contributed by atoms with Gasteiger partial charge >= 0.3 is 0 Å². The van der Waals surface area contributed by atoms with Crippen LogP contribution >= 0.6 is 0 Å². The highest BCUT2D eigenvalue weighted by molar-refractivity contribution is 5.96. The van der Waals surface area contributed by atoms with Crippen molar-refractivity contribution in [2.45, 2.75) is 91.8 Å². The third-order valence-electron chi connectivity index (χ3n) is 7.99. The molecule has 3 heteroatoms. The topological polar surface area (TPSA) is 64.3 Å².